The van der Waals surface area contributed by atoms with Gasteiger partial charge >= 0.3 is 12.4 Å². The Morgan fingerprint density at radius 2 is 0.667 bits per heavy atom. The molecule has 0 aliphatic rings. The number of aromatic nitrogens is 4. The monoisotopic (exact) mass is 574 g/mol. The van der Waals surface area contributed by atoms with Crippen molar-refractivity contribution in [3.05, 3.63) is 133 Å². The van der Waals surface area contributed by atoms with Gasteiger partial charge in [-0.25, -0.2) is 9.36 Å². The summed E-state index contributed by atoms with van der Waals surface area (Å²) in [5.41, 5.74) is 3.22. The van der Waals surface area contributed by atoms with Crippen LogP contribution >= 0.6 is 0 Å². The molecule has 2 heterocycles. The Morgan fingerprint density at radius 1 is 0.381 bits per heavy atom. The lowest BCUT2D eigenvalue weighted by Crippen LogP contribution is -2.08. The number of hydrogen-bond acceptors (Lipinski definition) is 2. The van der Waals surface area contributed by atoms with E-state index in [1.807, 2.05) is 60.7 Å². The third kappa shape index (κ3) is 5.07. The zero-order chi connectivity index (χ0) is 29.5. The first-order valence-electron chi connectivity index (χ1n) is 12.7. The lowest BCUT2D eigenvalue weighted by Gasteiger charge is -2.18. The molecule has 10 heteroatoms. The van der Waals surface area contributed by atoms with Gasteiger partial charge in [-0.1, -0.05) is 84.9 Å². The molecule has 42 heavy (non-hydrogen) atoms. The summed E-state index contributed by atoms with van der Waals surface area (Å²) in [5, 5.41) is 7.54. The third-order valence-electron chi connectivity index (χ3n) is 6.79. The molecule has 0 radical (unpaired) electrons. The number of alkyl halides is 6. The van der Waals surface area contributed by atoms with Crippen LogP contribution in [0.2, 0.25) is 0 Å². The maximum atomic E-state index is 13.3. The third-order valence-corrected chi connectivity index (χ3v) is 6.79. The molecule has 210 valence electrons. The van der Waals surface area contributed by atoms with Crippen LogP contribution in [-0.2, 0) is 12.4 Å². The molecule has 6 rings (SSSR count). The Labute approximate surface area is 236 Å². The Hall–Kier alpha value is -5.12. The van der Waals surface area contributed by atoms with Gasteiger partial charge < -0.3 is 0 Å². The molecule has 0 unspecified atom stereocenters. The van der Waals surface area contributed by atoms with Crippen LogP contribution in [0.4, 0.5) is 26.3 Å². The second kappa shape index (κ2) is 10.4. The molecule has 0 bridgehead atoms. The normalized spacial score (nSPS) is 12.0. The molecule has 0 saturated carbocycles. The second-order valence-corrected chi connectivity index (χ2v) is 9.41. The van der Waals surface area contributed by atoms with E-state index in [4.69, 9.17) is 0 Å². The van der Waals surface area contributed by atoms with Crippen LogP contribution in [0.3, 0.4) is 0 Å². The fourth-order valence-corrected chi connectivity index (χ4v) is 4.93. The van der Waals surface area contributed by atoms with Gasteiger partial charge in [0.25, 0.3) is 0 Å². The number of hydrogen-bond donors (Lipinski definition) is 0. The van der Waals surface area contributed by atoms with E-state index in [0.717, 1.165) is 34.4 Å². The Balaban J connectivity index is 1.51. The highest BCUT2D eigenvalue weighted by Gasteiger charge is 2.34. The van der Waals surface area contributed by atoms with Crippen LogP contribution in [0, 0.1) is 0 Å². The number of para-hydroxylation sites is 2. The van der Waals surface area contributed by atoms with Crippen LogP contribution in [0.5, 0.6) is 0 Å². The standard InChI is InChI=1S/C32H20F6N4/c33-31(34,35)29-17-19-41(39-29)27-15-7-5-13-25(27)23-11-3-1-9-21(23)22-10-2-4-12-24(22)26-14-6-8-16-28(26)42-20-18-30(40-42)32(36,37)38/h1-20H. The number of rotatable bonds is 5. The van der Waals surface area contributed by atoms with Gasteiger partial charge in [0.15, 0.2) is 11.4 Å². The van der Waals surface area contributed by atoms with E-state index in [1.165, 1.54) is 21.8 Å². The highest BCUT2D eigenvalue weighted by Crippen LogP contribution is 2.41. The number of nitrogens with zero attached hydrogens (tertiary/aromatic N) is 4. The van der Waals surface area contributed by atoms with Crippen molar-refractivity contribution in [2.45, 2.75) is 12.4 Å². The minimum absolute atomic E-state index is 0.453. The van der Waals surface area contributed by atoms with Gasteiger partial charge in [0.1, 0.15) is 0 Å². The number of benzene rings is 4. The smallest absolute Gasteiger partial charge is 0.240 e. The minimum atomic E-state index is -4.58. The molecular weight excluding hydrogens is 554 g/mol. The lowest BCUT2D eigenvalue weighted by atomic mass is 9.88. The highest BCUT2D eigenvalue weighted by molar-refractivity contribution is 5.94. The fraction of sp³-hybridized carbons (Fsp3) is 0.0625. The molecule has 4 nitrogen and oxygen atoms in total. The van der Waals surface area contributed by atoms with Crippen molar-refractivity contribution in [3.63, 3.8) is 0 Å². The lowest BCUT2D eigenvalue weighted by molar-refractivity contribution is -0.142. The van der Waals surface area contributed by atoms with Gasteiger partial charge in [-0.15, -0.1) is 0 Å². The first-order valence-corrected chi connectivity index (χ1v) is 12.7. The molecule has 0 spiro atoms. The zero-order valence-corrected chi connectivity index (χ0v) is 21.6. The van der Waals surface area contributed by atoms with Crippen LogP contribution in [0.25, 0.3) is 44.8 Å². The summed E-state index contributed by atoms with van der Waals surface area (Å²) in [5.74, 6) is 0. The summed E-state index contributed by atoms with van der Waals surface area (Å²) in [6.45, 7) is 0. The zero-order valence-electron chi connectivity index (χ0n) is 21.6. The van der Waals surface area contributed by atoms with Gasteiger partial charge in [-0.2, -0.15) is 36.5 Å². The van der Waals surface area contributed by atoms with E-state index in [-0.39, 0.29) is 0 Å². The molecule has 2 aromatic heterocycles. The Morgan fingerprint density at radius 3 is 0.976 bits per heavy atom. The summed E-state index contributed by atoms with van der Waals surface area (Å²) < 4.78 is 82.3. The van der Waals surface area contributed by atoms with Crippen LogP contribution < -0.4 is 0 Å². The maximum absolute atomic E-state index is 13.3. The van der Waals surface area contributed by atoms with Crippen LogP contribution in [0.1, 0.15) is 11.4 Å². The molecule has 0 aliphatic heterocycles. The summed E-state index contributed by atoms with van der Waals surface area (Å²) in [6.07, 6.45) is -6.62. The summed E-state index contributed by atoms with van der Waals surface area (Å²) in [6, 6.07) is 30.8. The topological polar surface area (TPSA) is 35.6 Å². The predicted molar refractivity (Wildman–Crippen MR) is 147 cm³/mol. The van der Waals surface area contributed by atoms with Gasteiger partial charge in [0.2, 0.25) is 0 Å². The van der Waals surface area contributed by atoms with Crippen molar-refractivity contribution in [3.8, 4) is 44.8 Å². The number of halogens is 6. The van der Waals surface area contributed by atoms with E-state index < -0.39 is 23.7 Å². The van der Waals surface area contributed by atoms with Crippen molar-refractivity contribution >= 4 is 0 Å². The Bertz CT molecular complexity index is 1740. The van der Waals surface area contributed by atoms with E-state index in [1.54, 1.807) is 36.4 Å². The molecule has 6 aromatic rings. The van der Waals surface area contributed by atoms with Crippen molar-refractivity contribution in [2.24, 2.45) is 0 Å². The van der Waals surface area contributed by atoms with Crippen LogP contribution in [-0.4, -0.2) is 19.6 Å². The molecule has 0 amide bonds. The highest BCUT2D eigenvalue weighted by atomic mass is 19.4. The molecule has 0 saturated heterocycles. The van der Waals surface area contributed by atoms with Crippen molar-refractivity contribution < 1.29 is 26.3 Å². The minimum Gasteiger partial charge on any atom is -0.240 e. The second-order valence-electron chi connectivity index (χ2n) is 9.41. The van der Waals surface area contributed by atoms with Crippen molar-refractivity contribution in [2.75, 3.05) is 0 Å². The average molecular weight is 575 g/mol. The summed E-state index contributed by atoms with van der Waals surface area (Å²) >= 11 is 0. The molecule has 4 aromatic carbocycles. The predicted octanol–water partition coefficient (Wildman–Crippen LogP) is 9.10. The van der Waals surface area contributed by atoms with E-state index >= 15 is 0 Å². The van der Waals surface area contributed by atoms with Crippen molar-refractivity contribution in [1.29, 1.82) is 0 Å². The van der Waals surface area contributed by atoms with Crippen LogP contribution in [0.15, 0.2) is 122 Å². The fourth-order valence-electron chi connectivity index (χ4n) is 4.93. The molecule has 0 atom stereocenters. The molecule has 0 aliphatic carbocycles. The largest absolute Gasteiger partial charge is 0.435 e. The SMILES string of the molecule is FC(F)(F)c1ccn(-c2ccccc2-c2ccccc2-c2ccccc2-c2ccccc2-n2ccc(C(F)(F)F)n2)n1. The quantitative estimate of drug-likeness (QED) is 0.193. The molecule has 0 N–H and O–H groups in total. The average Bonchev–Trinajstić information content (AvgIpc) is 3.68. The van der Waals surface area contributed by atoms with Gasteiger partial charge in [-0.05, 0) is 46.5 Å². The Kier molecular flexibility index (Phi) is 6.68. The van der Waals surface area contributed by atoms with Crippen molar-refractivity contribution in [1.82, 2.24) is 19.6 Å². The first kappa shape index (κ1) is 27.1. The summed E-state index contributed by atoms with van der Waals surface area (Å²) in [7, 11) is 0. The van der Waals surface area contributed by atoms with Gasteiger partial charge in [-0.3, -0.25) is 0 Å². The van der Waals surface area contributed by atoms with E-state index in [0.29, 0.717) is 22.5 Å². The first-order chi connectivity index (χ1) is 20.1. The van der Waals surface area contributed by atoms with E-state index in [9.17, 15) is 26.3 Å². The molecule has 0 fully saturated rings. The van der Waals surface area contributed by atoms with E-state index in [2.05, 4.69) is 10.2 Å². The van der Waals surface area contributed by atoms with Gasteiger partial charge in [0, 0.05) is 23.5 Å². The molecular formula is C32H20F6N4. The maximum Gasteiger partial charge on any atom is 0.435 e. The summed E-state index contributed by atoms with van der Waals surface area (Å²) in [4.78, 5) is 0. The van der Waals surface area contributed by atoms with Gasteiger partial charge in [0.05, 0.1) is 11.4 Å².